The van der Waals surface area contributed by atoms with Crippen molar-refractivity contribution in [1.82, 2.24) is 4.57 Å². The van der Waals surface area contributed by atoms with E-state index in [1.807, 2.05) is 13.1 Å². The molecule has 0 unspecified atom stereocenters. The Balaban J connectivity index is 2.42. The first kappa shape index (κ1) is 11.7. The van der Waals surface area contributed by atoms with E-state index in [4.69, 9.17) is 11.6 Å². The Kier molecular flexibility index (Phi) is 2.67. The summed E-state index contributed by atoms with van der Waals surface area (Å²) in [5, 5.41) is 0.503. The van der Waals surface area contributed by atoms with E-state index in [0.29, 0.717) is 17.8 Å². The van der Waals surface area contributed by atoms with Crippen LogP contribution in [-0.4, -0.2) is 4.57 Å². The Labute approximate surface area is 109 Å². The fraction of sp³-hybridized carbons (Fsp3) is 0.357. The van der Waals surface area contributed by atoms with Crippen molar-refractivity contribution in [2.75, 3.05) is 0 Å². The van der Waals surface area contributed by atoms with Crippen molar-refractivity contribution in [3.8, 4) is 0 Å². The third-order valence-electron chi connectivity index (χ3n) is 3.47. The van der Waals surface area contributed by atoms with Crippen LogP contribution in [0.15, 0.2) is 23.1 Å². The molecule has 1 aromatic heterocycles. The summed E-state index contributed by atoms with van der Waals surface area (Å²) in [6.07, 6.45) is 4.77. The number of halogens is 2. The number of nitrogens with zero attached hydrogens (tertiary/aromatic N) is 1. The van der Waals surface area contributed by atoms with Gasteiger partial charge >= 0.3 is 0 Å². The molecule has 1 aromatic carbocycles. The molecule has 0 spiro atoms. The van der Waals surface area contributed by atoms with Crippen LogP contribution in [0.2, 0.25) is 5.02 Å². The Morgan fingerprint density at radius 3 is 2.78 bits per heavy atom. The van der Waals surface area contributed by atoms with Gasteiger partial charge in [0.2, 0.25) is 0 Å². The quantitative estimate of drug-likeness (QED) is 0.812. The fourth-order valence-corrected chi connectivity index (χ4v) is 2.47. The number of rotatable bonds is 2. The number of hydrogen-bond donors (Lipinski definition) is 0. The molecule has 2 aromatic rings. The van der Waals surface area contributed by atoms with Gasteiger partial charge in [-0.25, -0.2) is 4.39 Å². The van der Waals surface area contributed by atoms with Gasteiger partial charge < -0.3 is 4.57 Å². The predicted octanol–water partition coefficient (Wildman–Crippen LogP) is 3.69. The van der Waals surface area contributed by atoms with Gasteiger partial charge in [-0.15, -0.1) is 0 Å². The van der Waals surface area contributed by atoms with Gasteiger partial charge in [0.05, 0.1) is 10.5 Å². The van der Waals surface area contributed by atoms with Crippen molar-refractivity contribution in [3.05, 3.63) is 45.0 Å². The summed E-state index contributed by atoms with van der Waals surface area (Å²) < 4.78 is 15.6. The standard InChI is InChI=1S/C14H13ClFNO/c1-2-8-7-17(9-3-4-9)13-6-11(15)12(16)5-10(13)14(8)18/h5-7,9H,2-4H2,1H3. The largest absolute Gasteiger partial charge is 0.344 e. The summed E-state index contributed by atoms with van der Waals surface area (Å²) in [7, 11) is 0. The van der Waals surface area contributed by atoms with Crippen LogP contribution in [0.1, 0.15) is 31.4 Å². The normalized spacial score (nSPS) is 15.3. The van der Waals surface area contributed by atoms with E-state index in [1.165, 1.54) is 6.07 Å². The first-order valence-electron chi connectivity index (χ1n) is 6.14. The smallest absolute Gasteiger partial charge is 0.192 e. The highest BCUT2D eigenvalue weighted by Gasteiger charge is 2.25. The lowest BCUT2D eigenvalue weighted by atomic mass is 10.1. The predicted molar refractivity (Wildman–Crippen MR) is 70.8 cm³/mol. The maximum Gasteiger partial charge on any atom is 0.192 e. The molecule has 0 radical (unpaired) electrons. The second kappa shape index (κ2) is 4.09. The topological polar surface area (TPSA) is 22.0 Å². The van der Waals surface area contributed by atoms with Crippen molar-refractivity contribution in [1.29, 1.82) is 0 Å². The van der Waals surface area contributed by atoms with Gasteiger partial charge in [-0.2, -0.15) is 0 Å². The molecule has 1 saturated carbocycles. The van der Waals surface area contributed by atoms with Gasteiger partial charge in [-0.05, 0) is 31.4 Å². The van der Waals surface area contributed by atoms with E-state index in [1.54, 1.807) is 6.07 Å². The van der Waals surface area contributed by atoms with Crippen molar-refractivity contribution in [2.24, 2.45) is 0 Å². The van der Waals surface area contributed by atoms with Crippen LogP contribution in [0.3, 0.4) is 0 Å². The zero-order valence-corrected chi connectivity index (χ0v) is 10.8. The minimum absolute atomic E-state index is 0.0700. The summed E-state index contributed by atoms with van der Waals surface area (Å²) in [6, 6.07) is 3.25. The lowest BCUT2D eigenvalue weighted by Crippen LogP contribution is -2.14. The van der Waals surface area contributed by atoms with Crippen molar-refractivity contribution in [3.63, 3.8) is 0 Å². The molecule has 0 amide bonds. The lowest BCUT2D eigenvalue weighted by Gasteiger charge is -2.12. The summed E-state index contributed by atoms with van der Waals surface area (Å²) >= 11 is 5.82. The van der Waals surface area contributed by atoms with Crippen LogP contribution < -0.4 is 5.43 Å². The molecule has 1 fully saturated rings. The number of pyridine rings is 1. The first-order valence-corrected chi connectivity index (χ1v) is 6.52. The van der Waals surface area contributed by atoms with Crippen LogP contribution in [0.5, 0.6) is 0 Å². The molecule has 0 aliphatic heterocycles. The average Bonchev–Trinajstić information content (AvgIpc) is 3.17. The number of fused-ring (bicyclic) bond motifs is 1. The van der Waals surface area contributed by atoms with Crippen molar-refractivity contribution >= 4 is 22.5 Å². The second-order valence-electron chi connectivity index (χ2n) is 4.76. The van der Waals surface area contributed by atoms with Crippen LogP contribution in [0.4, 0.5) is 4.39 Å². The van der Waals surface area contributed by atoms with E-state index in [2.05, 4.69) is 4.57 Å². The fourth-order valence-electron chi connectivity index (χ4n) is 2.31. The van der Waals surface area contributed by atoms with Crippen LogP contribution in [-0.2, 0) is 6.42 Å². The molecule has 0 saturated heterocycles. The highest BCUT2D eigenvalue weighted by molar-refractivity contribution is 6.31. The molecular formula is C14H13ClFNO. The van der Waals surface area contributed by atoms with E-state index in [9.17, 15) is 9.18 Å². The van der Waals surface area contributed by atoms with Crippen molar-refractivity contribution in [2.45, 2.75) is 32.2 Å². The SMILES string of the molecule is CCc1cn(C2CC2)c2cc(Cl)c(F)cc2c1=O. The van der Waals surface area contributed by atoms with Gasteiger partial charge in [0.1, 0.15) is 5.82 Å². The molecule has 3 rings (SSSR count). The molecule has 0 N–H and O–H groups in total. The minimum Gasteiger partial charge on any atom is -0.344 e. The number of aromatic nitrogens is 1. The summed E-state index contributed by atoms with van der Waals surface area (Å²) in [5.41, 5.74) is 1.39. The third kappa shape index (κ3) is 1.74. The zero-order chi connectivity index (χ0) is 12.9. The summed E-state index contributed by atoms with van der Waals surface area (Å²) in [6.45, 7) is 1.94. The van der Waals surface area contributed by atoms with E-state index in [0.717, 1.165) is 23.9 Å². The Bertz CT molecular complexity index is 688. The molecule has 1 aliphatic rings. The van der Waals surface area contributed by atoms with Gasteiger partial charge in [-0.3, -0.25) is 4.79 Å². The van der Waals surface area contributed by atoms with Gasteiger partial charge in [0.15, 0.2) is 5.43 Å². The monoisotopic (exact) mass is 265 g/mol. The van der Waals surface area contributed by atoms with Gasteiger partial charge in [-0.1, -0.05) is 18.5 Å². The number of hydrogen-bond acceptors (Lipinski definition) is 1. The Morgan fingerprint density at radius 1 is 1.44 bits per heavy atom. The van der Waals surface area contributed by atoms with Gasteiger partial charge in [0.25, 0.3) is 0 Å². The number of aryl methyl sites for hydroxylation is 1. The Morgan fingerprint density at radius 2 is 2.17 bits per heavy atom. The third-order valence-corrected chi connectivity index (χ3v) is 3.76. The van der Waals surface area contributed by atoms with Crippen molar-refractivity contribution < 1.29 is 4.39 Å². The highest BCUT2D eigenvalue weighted by atomic mass is 35.5. The molecule has 2 nitrogen and oxygen atoms in total. The molecule has 4 heteroatoms. The molecule has 1 aliphatic carbocycles. The molecular weight excluding hydrogens is 253 g/mol. The molecule has 1 heterocycles. The van der Waals surface area contributed by atoms with E-state index in [-0.39, 0.29) is 10.5 Å². The summed E-state index contributed by atoms with van der Waals surface area (Å²) in [4.78, 5) is 12.2. The van der Waals surface area contributed by atoms with Gasteiger partial charge in [0, 0.05) is 23.2 Å². The second-order valence-corrected chi connectivity index (χ2v) is 5.17. The first-order chi connectivity index (χ1) is 8.61. The lowest BCUT2D eigenvalue weighted by molar-refractivity contribution is 0.629. The van der Waals surface area contributed by atoms with Crippen LogP contribution in [0, 0.1) is 5.82 Å². The maximum atomic E-state index is 13.5. The Hall–Kier alpha value is -1.35. The van der Waals surface area contributed by atoms with E-state index >= 15 is 0 Å². The van der Waals surface area contributed by atoms with E-state index < -0.39 is 5.82 Å². The minimum atomic E-state index is -0.531. The molecule has 18 heavy (non-hydrogen) atoms. The molecule has 0 bridgehead atoms. The zero-order valence-electron chi connectivity index (χ0n) is 10.0. The average molecular weight is 266 g/mol. The summed E-state index contributed by atoms with van der Waals surface area (Å²) in [5.74, 6) is -0.531. The molecule has 94 valence electrons. The number of benzene rings is 1. The highest BCUT2D eigenvalue weighted by Crippen LogP contribution is 2.37. The van der Waals surface area contributed by atoms with Crippen LogP contribution >= 0.6 is 11.6 Å². The molecule has 0 atom stereocenters. The maximum absolute atomic E-state index is 13.5. The van der Waals surface area contributed by atoms with Crippen LogP contribution in [0.25, 0.3) is 10.9 Å².